The standard InChI is InChI=1S/C32H22BrN4O.BrH/c33-26-17-18-29-28(20-26)31(25-12-6-2-7-13-25)35-32(34-29)37-22-23(21-36(37)27-14-8-3-9-15-27)16-19-30(38)24-10-4-1-5-11-24;/h1-22H;1H/q+1;/p-1/b19-16+;. The minimum absolute atomic E-state index is 0. The third kappa shape index (κ3) is 5.65. The molecule has 7 heteroatoms. The average Bonchev–Trinajstić information content (AvgIpc) is 3.41. The van der Waals surface area contributed by atoms with Gasteiger partial charge in [-0.2, -0.15) is 0 Å². The molecule has 2 aromatic heterocycles. The molecule has 6 rings (SSSR count). The normalized spacial score (nSPS) is 11.0. The first-order valence-electron chi connectivity index (χ1n) is 12.2. The lowest BCUT2D eigenvalue weighted by atomic mass is 10.1. The van der Waals surface area contributed by atoms with Crippen LogP contribution >= 0.6 is 15.9 Å². The monoisotopic (exact) mass is 636 g/mol. The summed E-state index contributed by atoms with van der Waals surface area (Å²) in [7, 11) is 0. The minimum atomic E-state index is -0.0523. The highest BCUT2D eigenvalue weighted by Crippen LogP contribution is 2.29. The van der Waals surface area contributed by atoms with Crippen molar-refractivity contribution in [1.29, 1.82) is 0 Å². The van der Waals surface area contributed by atoms with E-state index in [4.69, 9.17) is 9.97 Å². The minimum Gasteiger partial charge on any atom is -1.00 e. The van der Waals surface area contributed by atoms with Crippen molar-refractivity contribution in [1.82, 2.24) is 14.6 Å². The van der Waals surface area contributed by atoms with Crippen molar-refractivity contribution in [3.63, 3.8) is 0 Å². The summed E-state index contributed by atoms with van der Waals surface area (Å²) in [6.45, 7) is 0. The zero-order chi connectivity index (χ0) is 25.9. The van der Waals surface area contributed by atoms with Gasteiger partial charge in [-0.1, -0.05) is 104 Å². The smallest absolute Gasteiger partial charge is 0.289 e. The number of ketones is 1. The first kappa shape index (κ1) is 26.4. The highest BCUT2D eigenvalue weighted by atomic mass is 79.9. The van der Waals surface area contributed by atoms with Gasteiger partial charge >= 0.3 is 0 Å². The molecule has 0 unspecified atom stereocenters. The molecule has 0 aliphatic heterocycles. The number of halogens is 2. The van der Waals surface area contributed by atoms with Crippen molar-refractivity contribution in [2.75, 3.05) is 0 Å². The molecule has 0 radical (unpaired) electrons. The third-order valence-corrected chi connectivity index (χ3v) is 6.67. The number of hydrogen-bond acceptors (Lipinski definition) is 3. The molecule has 6 aromatic rings. The maximum Gasteiger partial charge on any atom is 0.289 e. The van der Waals surface area contributed by atoms with E-state index in [0.29, 0.717) is 11.5 Å². The summed E-state index contributed by atoms with van der Waals surface area (Å²) < 4.78 is 4.87. The molecule has 2 heterocycles. The fourth-order valence-corrected chi connectivity index (χ4v) is 4.70. The van der Waals surface area contributed by atoms with Gasteiger partial charge in [-0.15, -0.1) is 0 Å². The Hall–Kier alpha value is -4.20. The topological polar surface area (TPSA) is 51.7 Å². The molecule has 5 nitrogen and oxygen atoms in total. The molecule has 39 heavy (non-hydrogen) atoms. The maximum absolute atomic E-state index is 12.7. The zero-order valence-electron chi connectivity index (χ0n) is 20.7. The van der Waals surface area contributed by atoms with E-state index in [1.54, 1.807) is 6.08 Å². The fraction of sp³-hybridized carbons (Fsp3) is 0. The van der Waals surface area contributed by atoms with Crippen molar-refractivity contribution in [3.8, 4) is 22.9 Å². The van der Waals surface area contributed by atoms with Gasteiger partial charge in [-0.25, -0.2) is 9.97 Å². The van der Waals surface area contributed by atoms with Crippen LogP contribution in [0.3, 0.4) is 0 Å². The van der Waals surface area contributed by atoms with E-state index in [2.05, 4.69) is 28.1 Å². The van der Waals surface area contributed by atoms with Crippen LogP contribution in [-0.2, 0) is 0 Å². The largest absolute Gasteiger partial charge is 1.00 e. The summed E-state index contributed by atoms with van der Waals surface area (Å²) >= 11 is 3.59. The number of aromatic nitrogens is 4. The van der Waals surface area contributed by atoms with Gasteiger partial charge in [0.05, 0.1) is 23.0 Å². The second-order valence-corrected chi connectivity index (χ2v) is 9.66. The summed E-state index contributed by atoms with van der Waals surface area (Å²) in [5.41, 5.74) is 5.13. The van der Waals surface area contributed by atoms with Crippen molar-refractivity contribution in [3.05, 3.63) is 143 Å². The Kier molecular flexibility index (Phi) is 7.91. The van der Waals surface area contributed by atoms with E-state index < -0.39 is 0 Å². The highest BCUT2D eigenvalue weighted by Gasteiger charge is 2.21. The lowest BCUT2D eigenvalue weighted by Crippen LogP contribution is -3.00. The van der Waals surface area contributed by atoms with E-state index in [0.717, 1.165) is 37.9 Å². The molecule has 0 N–H and O–H groups in total. The van der Waals surface area contributed by atoms with Crippen LogP contribution in [-0.4, -0.2) is 20.4 Å². The van der Waals surface area contributed by atoms with Crippen LogP contribution in [0.1, 0.15) is 15.9 Å². The van der Waals surface area contributed by atoms with E-state index >= 15 is 0 Å². The predicted octanol–water partition coefficient (Wildman–Crippen LogP) is 4.03. The van der Waals surface area contributed by atoms with Gasteiger partial charge in [0.2, 0.25) is 11.9 Å². The quantitative estimate of drug-likeness (QED) is 0.158. The van der Waals surface area contributed by atoms with Gasteiger partial charge in [-0.3, -0.25) is 4.79 Å². The predicted molar refractivity (Wildman–Crippen MR) is 153 cm³/mol. The van der Waals surface area contributed by atoms with Crippen molar-refractivity contribution >= 4 is 38.7 Å². The summed E-state index contributed by atoms with van der Waals surface area (Å²) in [5.74, 6) is 0.472. The van der Waals surface area contributed by atoms with Gasteiger partial charge < -0.3 is 17.0 Å². The number of allylic oxidation sites excluding steroid dienone is 1. The van der Waals surface area contributed by atoms with Crippen molar-refractivity contribution in [2.45, 2.75) is 0 Å². The Morgan fingerprint density at radius 1 is 0.821 bits per heavy atom. The van der Waals surface area contributed by atoms with Crippen LogP contribution in [0.2, 0.25) is 0 Å². The van der Waals surface area contributed by atoms with Gasteiger partial charge in [-0.05, 0) is 30.4 Å². The number of carbonyl (C=O) groups excluding carboxylic acids is 1. The molecule has 0 fully saturated rings. The van der Waals surface area contributed by atoms with Crippen LogP contribution in [0.25, 0.3) is 39.9 Å². The van der Waals surface area contributed by atoms with Gasteiger partial charge in [0.15, 0.2) is 5.78 Å². The Labute approximate surface area is 245 Å². The SMILES string of the molecule is O=C(/C=C/c1cn(-c2nc(-c3ccccc3)c3cc(Br)ccc3n2)[n+](-c2ccccc2)c1)c1ccccc1.[Br-]. The number of para-hydroxylation sites is 1. The van der Waals surface area contributed by atoms with Crippen LogP contribution in [0, 0.1) is 0 Å². The molecule has 0 spiro atoms. The summed E-state index contributed by atoms with van der Waals surface area (Å²) in [6, 6.07) is 35.4. The summed E-state index contributed by atoms with van der Waals surface area (Å²) in [6.07, 6.45) is 7.33. The Morgan fingerprint density at radius 2 is 1.49 bits per heavy atom. The van der Waals surface area contributed by atoms with Crippen LogP contribution in [0.15, 0.2) is 132 Å². The number of nitrogens with zero attached hydrogens (tertiary/aromatic N) is 4. The van der Waals surface area contributed by atoms with E-state index in [1.807, 2.05) is 125 Å². The average molecular weight is 638 g/mol. The number of benzene rings is 4. The molecule has 0 amide bonds. The summed E-state index contributed by atoms with van der Waals surface area (Å²) in [5, 5.41) is 0.960. The molecule has 0 atom stereocenters. The zero-order valence-corrected chi connectivity index (χ0v) is 23.8. The first-order valence-corrected chi connectivity index (χ1v) is 13.0. The molecule has 4 aromatic carbocycles. The molecule has 190 valence electrons. The van der Waals surface area contributed by atoms with Gasteiger partial charge in [0.1, 0.15) is 0 Å². The second kappa shape index (κ2) is 11.7. The van der Waals surface area contributed by atoms with Crippen molar-refractivity contribution in [2.24, 2.45) is 0 Å². The molecular formula is C32H22Br2N4O. The van der Waals surface area contributed by atoms with E-state index in [1.165, 1.54) is 0 Å². The molecule has 0 saturated heterocycles. The Balaban J connectivity index is 0.00000308. The van der Waals surface area contributed by atoms with E-state index in [-0.39, 0.29) is 22.8 Å². The molecule has 0 aliphatic rings. The number of rotatable bonds is 6. The highest BCUT2D eigenvalue weighted by molar-refractivity contribution is 9.10. The second-order valence-electron chi connectivity index (χ2n) is 8.75. The molecule has 0 aliphatic carbocycles. The first-order chi connectivity index (χ1) is 18.7. The molecular weight excluding hydrogens is 616 g/mol. The molecule has 0 bridgehead atoms. The van der Waals surface area contributed by atoms with E-state index in [9.17, 15) is 4.79 Å². The van der Waals surface area contributed by atoms with Gasteiger partial charge in [0, 0.05) is 33.1 Å². The molecule has 0 saturated carbocycles. The lowest BCUT2D eigenvalue weighted by Gasteiger charge is -2.09. The summed E-state index contributed by atoms with van der Waals surface area (Å²) in [4.78, 5) is 22.7. The fourth-order valence-electron chi connectivity index (χ4n) is 4.34. The maximum atomic E-state index is 12.7. The third-order valence-electron chi connectivity index (χ3n) is 6.18. The number of fused-ring (bicyclic) bond motifs is 1. The number of carbonyl (C=O) groups is 1. The van der Waals surface area contributed by atoms with Crippen LogP contribution in [0.4, 0.5) is 0 Å². The van der Waals surface area contributed by atoms with Crippen LogP contribution in [0.5, 0.6) is 0 Å². The van der Waals surface area contributed by atoms with Crippen molar-refractivity contribution < 1.29 is 26.5 Å². The Morgan fingerprint density at radius 3 is 2.21 bits per heavy atom. The lowest BCUT2D eigenvalue weighted by molar-refractivity contribution is -0.675. The number of hydrogen-bond donors (Lipinski definition) is 0. The van der Waals surface area contributed by atoms with Gasteiger partial charge in [0.25, 0.3) is 5.95 Å². The Bertz CT molecular complexity index is 1780. The van der Waals surface area contributed by atoms with Crippen LogP contribution < -0.4 is 21.7 Å².